The smallest absolute Gasteiger partial charge is 0.279 e. The second kappa shape index (κ2) is 7.38. The normalized spacial score (nSPS) is 24.4. The Hall–Kier alpha value is -2.85. The summed E-state index contributed by atoms with van der Waals surface area (Å²) in [6.45, 7) is 1.58. The van der Waals surface area contributed by atoms with Crippen LogP contribution in [0.2, 0.25) is 0 Å². The second-order valence-corrected chi connectivity index (χ2v) is 10.9. The van der Waals surface area contributed by atoms with Crippen LogP contribution in [0.4, 0.5) is 5.69 Å². The van der Waals surface area contributed by atoms with Gasteiger partial charge in [0.05, 0.1) is 17.5 Å². The molecule has 2 aromatic rings. The predicted octanol–water partition coefficient (Wildman–Crippen LogP) is 2.53. The van der Waals surface area contributed by atoms with E-state index in [1.807, 2.05) is 0 Å². The van der Waals surface area contributed by atoms with Gasteiger partial charge in [0.15, 0.2) is 32.3 Å². The third kappa shape index (κ3) is 3.70. The number of ether oxygens (including phenoxy) is 2. The molecule has 0 radical (unpaired) electrons. The monoisotopic (exact) mass is 458 g/mol. The average molecular weight is 459 g/mol. The number of ketones is 1. The first kappa shape index (κ1) is 20.1. The van der Waals surface area contributed by atoms with Crippen molar-refractivity contribution in [2.24, 2.45) is 4.99 Å². The van der Waals surface area contributed by atoms with Crippen LogP contribution >= 0.6 is 11.8 Å². The minimum absolute atomic E-state index is 0.0216. The lowest BCUT2D eigenvalue weighted by atomic mass is 10.1. The number of carbonyl (C=O) groups is 2. The maximum atomic E-state index is 12.9. The van der Waals surface area contributed by atoms with Gasteiger partial charge in [-0.05, 0) is 37.3 Å². The molecule has 3 heterocycles. The highest BCUT2D eigenvalue weighted by molar-refractivity contribution is 8.16. The number of anilines is 1. The number of carbonyl (C=O) groups excluding carboxylic acids is 2. The Morgan fingerprint density at radius 1 is 1.06 bits per heavy atom. The highest BCUT2D eigenvalue weighted by Gasteiger charge is 2.49. The summed E-state index contributed by atoms with van der Waals surface area (Å²) in [4.78, 5) is 30.9. The van der Waals surface area contributed by atoms with Crippen molar-refractivity contribution in [2.75, 3.05) is 23.2 Å². The predicted molar refractivity (Wildman–Crippen MR) is 117 cm³/mol. The van der Waals surface area contributed by atoms with Crippen molar-refractivity contribution in [2.45, 2.75) is 18.2 Å². The Kier molecular flexibility index (Phi) is 4.78. The number of rotatable bonds is 3. The molecule has 1 amide bonds. The van der Waals surface area contributed by atoms with Gasteiger partial charge in [0.2, 0.25) is 6.79 Å². The molecule has 3 aliphatic rings. The molecule has 0 aromatic heterocycles. The zero-order chi connectivity index (χ0) is 21.8. The quantitative estimate of drug-likeness (QED) is 0.647. The lowest BCUT2D eigenvalue weighted by molar-refractivity contribution is 0.0998. The average Bonchev–Trinajstić information content (AvgIpc) is 3.39. The molecule has 31 heavy (non-hydrogen) atoms. The molecule has 0 spiro atoms. The van der Waals surface area contributed by atoms with Gasteiger partial charge in [-0.15, -0.1) is 0 Å². The summed E-state index contributed by atoms with van der Waals surface area (Å²) in [6, 6.07) is 11.5. The van der Waals surface area contributed by atoms with Gasteiger partial charge < -0.3 is 14.4 Å². The first-order valence-corrected chi connectivity index (χ1v) is 12.3. The Morgan fingerprint density at radius 2 is 1.87 bits per heavy atom. The van der Waals surface area contributed by atoms with Gasteiger partial charge >= 0.3 is 0 Å². The van der Waals surface area contributed by atoms with Crippen LogP contribution in [0.25, 0.3) is 0 Å². The molecule has 10 heteroatoms. The standard InChI is InChI=1S/C21H18N2O6S2/c1-12(24)13-3-2-4-15(7-13)23-16-9-31(26,27)10-19(16)30-21(23)22-20(25)14-5-6-17-18(8-14)29-11-28-17/h2-8,16,19H,9-11H2,1H3/t16-,19+/m1/s1. The summed E-state index contributed by atoms with van der Waals surface area (Å²) in [7, 11) is -3.18. The highest BCUT2D eigenvalue weighted by atomic mass is 32.2. The van der Waals surface area contributed by atoms with Crippen LogP contribution in [0.1, 0.15) is 27.6 Å². The third-order valence-corrected chi connectivity index (χ3v) is 8.62. The van der Waals surface area contributed by atoms with Gasteiger partial charge in [0.1, 0.15) is 0 Å². The molecule has 3 aliphatic heterocycles. The van der Waals surface area contributed by atoms with Gasteiger partial charge in [-0.1, -0.05) is 23.9 Å². The van der Waals surface area contributed by atoms with Crippen LogP contribution in [0.5, 0.6) is 11.5 Å². The minimum Gasteiger partial charge on any atom is -0.454 e. The highest BCUT2D eigenvalue weighted by Crippen LogP contribution is 2.41. The Morgan fingerprint density at radius 3 is 2.68 bits per heavy atom. The van der Waals surface area contributed by atoms with E-state index < -0.39 is 15.7 Å². The number of nitrogens with zero attached hydrogens (tertiary/aromatic N) is 2. The van der Waals surface area contributed by atoms with E-state index in [9.17, 15) is 18.0 Å². The summed E-state index contributed by atoms with van der Waals surface area (Å²) in [5, 5.41) is 0.197. The zero-order valence-corrected chi connectivity index (χ0v) is 18.1. The number of sulfone groups is 1. The fourth-order valence-electron chi connectivity index (χ4n) is 3.92. The summed E-state index contributed by atoms with van der Waals surface area (Å²) in [6.07, 6.45) is 0. The molecule has 2 saturated heterocycles. The first-order chi connectivity index (χ1) is 14.8. The largest absolute Gasteiger partial charge is 0.454 e. The molecular formula is C21H18N2O6S2. The second-order valence-electron chi connectivity index (χ2n) is 7.54. The van der Waals surface area contributed by atoms with Crippen molar-refractivity contribution < 1.29 is 27.5 Å². The fourth-order valence-corrected chi connectivity index (χ4v) is 7.83. The van der Waals surface area contributed by atoms with E-state index >= 15 is 0 Å². The van der Waals surface area contributed by atoms with E-state index in [-0.39, 0.29) is 35.4 Å². The topological polar surface area (TPSA) is 102 Å². The molecule has 160 valence electrons. The first-order valence-electron chi connectivity index (χ1n) is 9.61. The van der Waals surface area contributed by atoms with E-state index in [1.165, 1.54) is 18.7 Å². The molecule has 5 rings (SSSR count). The van der Waals surface area contributed by atoms with Crippen molar-refractivity contribution in [1.82, 2.24) is 0 Å². The van der Waals surface area contributed by atoms with Crippen LogP contribution in [0.3, 0.4) is 0 Å². The summed E-state index contributed by atoms with van der Waals surface area (Å²) in [5.74, 6) is 0.505. The molecule has 0 bridgehead atoms. The molecular weight excluding hydrogens is 440 g/mol. The molecule has 0 N–H and O–H groups in total. The molecule has 8 nitrogen and oxygen atoms in total. The van der Waals surface area contributed by atoms with Crippen LogP contribution in [-0.2, 0) is 9.84 Å². The van der Waals surface area contributed by atoms with E-state index in [2.05, 4.69) is 4.99 Å². The Balaban J connectivity index is 1.53. The number of Topliss-reactive ketones (excluding diaryl/α,β-unsaturated/α-hetero) is 1. The van der Waals surface area contributed by atoms with Crippen molar-refractivity contribution in [3.63, 3.8) is 0 Å². The van der Waals surface area contributed by atoms with Gasteiger partial charge in [-0.3, -0.25) is 9.59 Å². The maximum absolute atomic E-state index is 12.9. The maximum Gasteiger partial charge on any atom is 0.279 e. The van der Waals surface area contributed by atoms with Gasteiger partial charge in [-0.2, -0.15) is 4.99 Å². The number of amides is 1. The lowest BCUT2D eigenvalue weighted by Crippen LogP contribution is -2.37. The Bertz CT molecular complexity index is 1240. The molecule has 2 aromatic carbocycles. The number of benzene rings is 2. The van der Waals surface area contributed by atoms with Gasteiger partial charge in [0.25, 0.3) is 5.91 Å². The Labute approximate surface area is 183 Å². The molecule has 0 unspecified atom stereocenters. The van der Waals surface area contributed by atoms with Crippen LogP contribution in [-0.4, -0.2) is 54.9 Å². The molecule has 0 saturated carbocycles. The summed E-state index contributed by atoms with van der Waals surface area (Å²) < 4.78 is 35.1. The fraction of sp³-hybridized carbons (Fsp3) is 0.286. The van der Waals surface area contributed by atoms with Gasteiger partial charge in [-0.25, -0.2) is 8.42 Å². The molecule has 2 fully saturated rings. The zero-order valence-electron chi connectivity index (χ0n) is 16.5. The number of aliphatic imine (C=N–C) groups is 1. The SMILES string of the molecule is CC(=O)c1cccc(N2C(=NC(=O)c3ccc4c(c3)OCO4)S[C@H]3CS(=O)(=O)C[C@H]32)c1. The van der Waals surface area contributed by atoms with E-state index in [1.54, 1.807) is 47.4 Å². The number of thioether (sulfide) groups is 1. The van der Waals surface area contributed by atoms with Crippen molar-refractivity contribution >= 4 is 44.1 Å². The number of hydrogen-bond acceptors (Lipinski definition) is 7. The molecule has 2 atom stereocenters. The lowest BCUT2D eigenvalue weighted by Gasteiger charge is -2.24. The van der Waals surface area contributed by atoms with Crippen LogP contribution < -0.4 is 14.4 Å². The number of fused-ring (bicyclic) bond motifs is 2. The van der Waals surface area contributed by atoms with Crippen LogP contribution in [0.15, 0.2) is 47.5 Å². The summed E-state index contributed by atoms with van der Waals surface area (Å²) in [5.41, 5.74) is 1.50. The summed E-state index contributed by atoms with van der Waals surface area (Å²) >= 11 is 1.28. The molecule has 0 aliphatic carbocycles. The van der Waals surface area contributed by atoms with Crippen LogP contribution in [0, 0.1) is 0 Å². The third-order valence-electron chi connectivity index (χ3n) is 5.41. The van der Waals surface area contributed by atoms with Crippen molar-refractivity contribution in [1.29, 1.82) is 0 Å². The van der Waals surface area contributed by atoms with Crippen molar-refractivity contribution in [3.05, 3.63) is 53.6 Å². The van der Waals surface area contributed by atoms with E-state index in [4.69, 9.17) is 9.47 Å². The number of amidine groups is 1. The van der Waals surface area contributed by atoms with Gasteiger partial charge in [0, 0.05) is 22.1 Å². The number of hydrogen-bond donors (Lipinski definition) is 0. The van der Waals surface area contributed by atoms with E-state index in [0.29, 0.717) is 33.5 Å². The minimum atomic E-state index is -3.18. The van der Waals surface area contributed by atoms with E-state index in [0.717, 1.165) is 0 Å². The van der Waals surface area contributed by atoms with Crippen molar-refractivity contribution in [3.8, 4) is 11.5 Å².